The van der Waals surface area contributed by atoms with E-state index in [-0.39, 0.29) is 10.8 Å². The van der Waals surface area contributed by atoms with Crippen LogP contribution in [0.2, 0.25) is 5.02 Å². The smallest absolute Gasteiger partial charge is 0.391 e. The molecule has 28 heavy (non-hydrogen) atoms. The standard InChI is InChI=1S/C17H14ClF3N4O3/c1-24(14-10(18)2-6(5-23-14)17(19,20)21)25-15(27)11-7-3-8(12(11)16(25)28)13(26)9(7)4-22/h2,5,7-9,11-13,26H,3H2,1H3/t7-,8+,9-,11+,12+,13+/m0/s1. The molecule has 4 rings (SSSR count). The second kappa shape index (κ2) is 6.06. The van der Waals surface area contributed by atoms with Crippen LogP contribution in [0.15, 0.2) is 12.3 Å². The molecular formula is C17H14ClF3N4O3. The molecule has 3 aliphatic rings. The highest BCUT2D eigenvalue weighted by Crippen LogP contribution is 2.58. The van der Waals surface area contributed by atoms with Crippen molar-refractivity contribution in [3.63, 3.8) is 0 Å². The zero-order valence-corrected chi connectivity index (χ0v) is 15.1. The Bertz CT molecular complexity index is 918. The summed E-state index contributed by atoms with van der Waals surface area (Å²) >= 11 is 5.93. The van der Waals surface area contributed by atoms with Gasteiger partial charge in [0, 0.05) is 13.2 Å². The van der Waals surface area contributed by atoms with Crippen molar-refractivity contribution in [3.05, 3.63) is 22.8 Å². The van der Waals surface area contributed by atoms with Crippen LogP contribution in [0.4, 0.5) is 19.0 Å². The Labute approximate surface area is 162 Å². The van der Waals surface area contributed by atoms with Crippen molar-refractivity contribution in [1.29, 1.82) is 5.26 Å². The highest BCUT2D eigenvalue weighted by molar-refractivity contribution is 6.33. The summed E-state index contributed by atoms with van der Waals surface area (Å²) in [5, 5.41) is 21.0. The van der Waals surface area contributed by atoms with Gasteiger partial charge >= 0.3 is 6.18 Å². The number of carbonyl (C=O) groups is 2. The number of amides is 2. The van der Waals surface area contributed by atoms with Crippen molar-refractivity contribution in [2.75, 3.05) is 12.1 Å². The number of nitriles is 1. The highest BCUT2D eigenvalue weighted by Gasteiger charge is 2.68. The van der Waals surface area contributed by atoms with E-state index in [2.05, 4.69) is 4.98 Å². The number of nitrogens with zero attached hydrogens (tertiary/aromatic N) is 4. The minimum atomic E-state index is -4.63. The quantitative estimate of drug-likeness (QED) is 0.742. The van der Waals surface area contributed by atoms with Gasteiger partial charge in [-0.05, 0) is 24.3 Å². The number of alkyl halides is 3. The summed E-state index contributed by atoms with van der Waals surface area (Å²) in [5.74, 6) is -4.45. The number of anilines is 1. The van der Waals surface area contributed by atoms with E-state index < -0.39 is 59.2 Å². The monoisotopic (exact) mass is 414 g/mol. The molecule has 2 bridgehead atoms. The maximum absolute atomic E-state index is 12.9. The van der Waals surface area contributed by atoms with Crippen LogP contribution in [0.5, 0.6) is 0 Å². The molecule has 3 fully saturated rings. The van der Waals surface area contributed by atoms with Gasteiger partial charge in [0.15, 0.2) is 5.82 Å². The van der Waals surface area contributed by atoms with E-state index in [1.165, 1.54) is 7.05 Å². The molecule has 7 nitrogen and oxygen atoms in total. The van der Waals surface area contributed by atoms with Crippen molar-refractivity contribution in [2.45, 2.75) is 18.7 Å². The molecule has 0 aromatic carbocycles. The van der Waals surface area contributed by atoms with E-state index in [4.69, 9.17) is 11.6 Å². The molecular weight excluding hydrogens is 401 g/mol. The summed E-state index contributed by atoms with van der Waals surface area (Å²) in [5.41, 5.74) is -1.05. The summed E-state index contributed by atoms with van der Waals surface area (Å²) in [6, 6.07) is 2.68. The van der Waals surface area contributed by atoms with Gasteiger partial charge in [0.05, 0.1) is 40.5 Å². The van der Waals surface area contributed by atoms with Crippen LogP contribution >= 0.6 is 11.6 Å². The third-order valence-corrected chi connectivity index (χ3v) is 6.29. The molecule has 1 aromatic rings. The lowest BCUT2D eigenvalue weighted by Gasteiger charge is -2.29. The second-order valence-electron chi connectivity index (χ2n) is 7.30. The number of pyridine rings is 1. The van der Waals surface area contributed by atoms with Gasteiger partial charge in [-0.15, -0.1) is 0 Å². The average molecular weight is 415 g/mol. The number of rotatable bonds is 2. The first-order chi connectivity index (χ1) is 13.1. The number of fused-ring (bicyclic) bond motifs is 5. The van der Waals surface area contributed by atoms with Gasteiger partial charge in [0.25, 0.3) is 11.8 Å². The van der Waals surface area contributed by atoms with Crippen LogP contribution in [0.25, 0.3) is 0 Å². The van der Waals surface area contributed by atoms with Crippen molar-refractivity contribution in [1.82, 2.24) is 9.99 Å². The molecule has 148 valence electrons. The van der Waals surface area contributed by atoms with E-state index in [0.29, 0.717) is 18.7 Å². The normalized spacial score (nSPS) is 34.0. The second-order valence-corrected chi connectivity index (χ2v) is 7.71. The van der Waals surface area contributed by atoms with Gasteiger partial charge in [-0.1, -0.05) is 11.6 Å². The number of hydrogen-bond donors (Lipinski definition) is 1. The largest absolute Gasteiger partial charge is 0.417 e. The van der Waals surface area contributed by atoms with Crippen LogP contribution in [0.3, 0.4) is 0 Å². The molecule has 0 radical (unpaired) electrons. The summed E-state index contributed by atoms with van der Waals surface area (Å²) in [4.78, 5) is 29.5. The summed E-state index contributed by atoms with van der Waals surface area (Å²) in [7, 11) is 1.30. The van der Waals surface area contributed by atoms with Gasteiger partial charge in [-0.2, -0.15) is 23.4 Å². The molecule has 11 heteroatoms. The molecule has 1 aliphatic heterocycles. The molecule has 2 heterocycles. The molecule has 6 atom stereocenters. The predicted molar refractivity (Wildman–Crippen MR) is 88.2 cm³/mol. The van der Waals surface area contributed by atoms with E-state index >= 15 is 0 Å². The molecule has 0 spiro atoms. The molecule has 1 aromatic heterocycles. The van der Waals surface area contributed by atoms with Crippen LogP contribution in [-0.4, -0.2) is 40.1 Å². The van der Waals surface area contributed by atoms with Crippen LogP contribution in [0, 0.1) is 40.9 Å². The third-order valence-electron chi connectivity index (χ3n) is 6.01. The molecule has 2 saturated carbocycles. The highest BCUT2D eigenvalue weighted by atomic mass is 35.5. The average Bonchev–Trinajstić information content (AvgIpc) is 3.23. The number of carbonyl (C=O) groups excluding carboxylic acids is 2. The van der Waals surface area contributed by atoms with Crippen molar-refractivity contribution >= 4 is 29.2 Å². The number of aliphatic hydroxyl groups is 1. The zero-order chi connectivity index (χ0) is 20.5. The van der Waals surface area contributed by atoms with E-state index in [1.54, 1.807) is 0 Å². The van der Waals surface area contributed by atoms with E-state index in [0.717, 1.165) is 10.0 Å². The SMILES string of the molecule is CN(c1ncc(C(F)(F)F)cc1Cl)N1C(=O)[C@@H]2[C@H]3C[C@@H]([C@H](C#N)[C@@H]3O)[C@H]2C1=O. The van der Waals surface area contributed by atoms with Crippen LogP contribution in [-0.2, 0) is 15.8 Å². The van der Waals surface area contributed by atoms with Gasteiger partial charge in [-0.25, -0.2) is 4.98 Å². The minimum Gasteiger partial charge on any atom is -0.391 e. The Balaban J connectivity index is 1.65. The third kappa shape index (κ3) is 2.42. The Morgan fingerprint density at radius 3 is 2.46 bits per heavy atom. The number of halogens is 4. The molecule has 1 N–H and O–H groups in total. The summed E-state index contributed by atoms with van der Waals surface area (Å²) in [6.07, 6.45) is -4.62. The van der Waals surface area contributed by atoms with E-state index in [1.807, 2.05) is 6.07 Å². The lowest BCUT2D eigenvalue weighted by Crippen LogP contribution is -2.46. The van der Waals surface area contributed by atoms with Crippen molar-refractivity contribution in [2.24, 2.45) is 29.6 Å². The van der Waals surface area contributed by atoms with Gasteiger partial charge in [0.1, 0.15) is 0 Å². The first-order valence-electron chi connectivity index (χ1n) is 8.49. The number of aliphatic hydroxyl groups excluding tert-OH is 1. The predicted octanol–water partition coefficient (Wildman–Crippen LogP) is 1.86. The lowest BCUT2D eigenvalue weighted by atomic mass is 9.74. The van der Waals surface area contributed by atoms with Gasteiger partial charge in [-0.3, -0.25) is 14.6 Å². The molecule has 0 unspecified atom stereocenters. The maximum atomic E-state index is 12.9. The maximum Gasteiger partial charge on any atom is 0.417 e. The Morgan fingerprint density at radius 2 is 1.93 bits per heavy atom. The number of hydrazine groups is 1. The zero-order valence-electron chi connectivity index (χ0n) is 14.4. The van der Waals surface area contributed by atoms with Gasteiger partial charge in [0.2, 0.25) is 0 Å². The van der Waals surface area contributed by atoms with Crippen molar-refractivity contribution in [3.8, 4) is 6.07 Å². The first kappa shape index (κ1) is 19.0. The van der Waals surface area contributed by atoms with Crippen LogP contribution < -0.4 is 5.01 Å². The fourth-order valence-electron chi connectivity index (χ4n) is 4.83. The Kier molecular flexibility index (Phi) is 4.10. The topological polar surface area (TPSA) is 97.5 Å². The van der Waals surface area contributed by atoms with Crippen LogP contribution in [0.1, 0.15) is 12.0 Å². The Morgan fingerprint density at radius 1 is 1.32 bits per heavy atom. The molecule has 2 aliphatic carbocycles. The number of aromatic nitrogens is 1. The molecule has 1 saturated heterocycles. The van der Waals surface area contributed by atoms with Gasteiger partial charge < -0.3 is 5.11 Å². The van der Waals surface area contributed by atoms with Crippen molar-refractivity contribution < 1.29 is 27.9 Å². The fourth-order valence-corrected chi connectivity index (χ4v) is 5.12. The Hall–Kier alpha value is -2.38. The lowest BCUT2D eigenvalue weighted by molar-refractivity contribution is -0.142. The minimum absolute atomic E-state index is 0.180. The summed E-state index contributed by atoms with van der Waals surface area (Å²) < 4.78 is 38.4. The first-order valence-corrected chi connectivity index (χ1v) is 8.87. The van der Waals surface area contributed by atoms with E-state index in [9.17, 15) is 33.1 Å². The summed E-state index contributed by atoms with van der Waals surface area (Å²) in [6.45, 7) is 0. The fraction of sp³-hybridized carbons (Fsp3) is 0.529. The number of hydrogen-bond acceptors (Lipinski definition) is 6. The molecule has 2 amide bonds. The number of imide groups is 1.